The number of carbonyl (C=O) groups excluding carboxylic acids is 1. The summed E-state index contributed by atoms with van der Waals surface area (Å²) in [6.07, 6.45) is 58.3. The first-order valence-electron chi connectivity index (χ1n) is 27.7. The summed E-state index contributed by atoms with van der Waals surface area (Å²) in [5, 5.41) is 13.9. The molecule has 0 aliphatic carbocycles. The summed E-state index contributed by atoms with van der Waals surface area (Å²) in [7, 11) is 1.58. The number of unbranched alkanes of at least 4 members (excludes halogenated alkanes) is 36. The van der Waals surface area contributed by atoms with Crippen molar-refractivity contribution in [1.82, 2.24) is 5.32 Å². The summed E-state index contributed by atoms with van der Waals surface area (Å²) >= 11 is 0. The minimum Gasteiger partial charge on any atom is -0.387 e. The van der Waals surface area contributed by atoms with Crippen LogP contribution in [-0.2, 0) is 18.4 Å². The van der Waals surface area contributed by atoms with Crippen LogP contribution in [0.15, 0.2) is 24.3 Å². The number of hydrogen-bond acceptors (Lipinski definition) is 5. The maximum Gasteiger partial charge on any atom is 0.472 e. The fourth-order valence-corrected chi connectivity index (χ4v) is 9.01. The Labute approximate surface area is 398 Å². The second kappa shape index (κ2) is 47.1. The van der Waals surface area contributed by atoms with Gasteiger partial charge in [0.15, 0.2) is 0 Å². The van der Waals surface area contributed by atoms with Crippen molar-refractivity contribution in [3.05, 3.63) is 24.3 Å². The third-order valence-electron chi connectivity index (χ3n) is 12.7. The van der Waals surface area contributed by atoms with Crippen molar-refractivity contribution in [2.24, 2.45) is 0 Å². The Balaban J connectivity index is 4.23. The number of aliphatic hydroxyl groups is 1. The van der Waals surface area contributed by atoms with E-state index < -0.39 is 20.0 Å². The molecule has 3 atom stereocenters. The predicted octanol–water partition coefficient (Wildman–Crippen LogP) is 16.4. The number of carbonyl (C=O) groups is 1. The monoisotopic (exact) mass is 926 g/mol. The highest BCUT2D eigenvalue weighted by Gasteiger charge is 2.27. The number of hydrogen-bond donors (Lipinski definition) is 3. The zero-order chi connectivity index (χ0) is 47.1. The molecule has 3 unspecified atom stereocenters. The molecule has 0 aromatic rings. The number of allylic oxidation sites excluding steroid dienone is 3. The summed E-state index contributed by atoms with van der Waals surface area (Å²) in [6.45, 7) is 4.85. The van der Waals surface area contributed by atoms with Crippen LogP contribution in [-0.4, -0.2) is 73.4 Å². The van der Waals surface area contributed by atoms with Gasteiger partial charge < -0.3 is 19.8 Å². The van der Waals surface area contributed by atoms with Gasteiger partial charge in [-0.15, -0.1) is 0 Å². The largest absolute Gasteiger partial charge is 0.472 e. The lowest BCUT2D eigenvalue weighted by Gasteiger charge is -2.25. The third-order valence-corrected chi connectivity index (χ3v) is 13.6. The molecule has 0 aliphatic rings. The summed E-state index contributed by atoms with van der Waals surface area (Å²) in [6, 6.07) is -0.845. The van der Waals surface area contributed by atoms with E-state index in [1.165, 1.54) is 212 Å². The zero-order valence-electron chi connectivity index (χ0n) is 43.3. The van der Waals surface area contributed by atoms with Gasteiger partial charge in [-0.3, -0.25) is 13.8 Å². The van der Waals surface area contributed by atoms with Crippen molar-refractivity contribution in [1.29, 1.82) is 0 Å². The number of nitrogens with one attached hydrogen (secondary N) is 1. The molecule has 0 heterocycles. The Morgan fingerprint density at radius 2 is 0.844 bits per heavy atom. The van der Waals surface area contributed by atoms with Gasteiger partial charge in [0.1, 0.15) is 13.2 Å². The first-order valence-corrected chi connectivity index (χ1v) is 29.2. The van der Waals surface area contributed by atoms with E-state index in [1.54, 1.807) is 6.08 Å². The molecule has 0 saturated carbocycles. The van der Waals surface area contributed by atoms with Crippen molar-refractivity contribution in [3.8, 4) is 0 Å². The van der Waals surface area contributed by atoms with E-state index in [0.717, 1.165) is 38.5 Å². The van der Waals surface area contributed by atoms with E-state index in [1.807, 2.05) is 27.2 Å². The number of phosphoric acid groups is 1. The number of rotatable bonds is 51. The van der Waals surface area contributed by atoms with E-state index in [0.29, 0.717) is 17.4 Å². The topological polar surface area (TPSA) is 105 Å². The Hall–Kier alpha value is -1.02. The fraction of sp³-hybridized carbons (Fsp3) is 0.909. The first kappa shape index (κ1) is 63.0. The molecule has 8 nitrogen and oxygen atoms in total. The van der Waals surface area contributed by atoms with E-state index >= 15 is 0 Å². The van der Waals surface area contributed by atoms with Gasteiger partial charge in [-0.2, -0.15) is 0 Å². The molecule has 0 fully saturated rings. The number of amides is 1. The number of aliphatic hydroxyl groups excluding tert-OH is 1. The van der Waals surface area contributed by atoms with Gasteiger partial charge in [-0.05, 0) is 44.9 Å². The number of phosphoric ester groups is 1. The van der Waals surface area contributed by atoms with Crippen LogP contribution in [0, 0.1) is 0 Å². The predicted molar refractivity (Wildman–Crippen MR) is 277 cm³/mol. The van der Waals surface area contributed by atoms with E-state index in [2.05, 4.69) is 31.3 Å². The number of quaternary nitrogens is 1. The summed E-state index contributed by atoms with van der Waals surface area (Å²) in [5.74, 6) is -0.174. The van der Waals surface area contributed by atoms with Crippen LogP contribution in [0.5, 0.6) is 0 Å². The van der Waals surface area contributed by atoms with Crippen LogP contribution < -0.4 is 5.32 Å². The third kappa shape index (κ3) is 48.9. The van der Waals surface area contributed by atoms with Crippen LogP contribution in [0.4, 0.5) is 0 Å². The van der Waals surface area contributed by atoms with Gasteiger partial charge in [0.25, 0.3) is 0 Å². The number of nitrogens with zero attached hydrogens (tertiary/aromatic N) is 1. The molecular formula is C55H110N2O6P+. The van der Waals surface area contributed by atoms with E-state index in [9.17, 15) is 19.4 Å². The smallest absolute Gasteiger partial charge is 0.387 e. The van der Waals surface area contributed by atoms with Gasteiger partial charge in [0.05, 0.1) is 39.9 Å². The van der Waals surface area contributed by atoms with Gasteiger partial charge in [0.2, 0.25) is 5.91 Å². The van der Waals surface area contributed by atoms with Crippen molar-refractivity contribution >= 4 is 13.7 Å². The maximum absolute atomic E-state index is 13.0. The lowest BCUT2D eigenvalue weighted by atomic mass is 10.0. The first-order chi connectivity index (χ1) is 31.0. The van der Waals surface area contributed by atoms with Crippen LogP contribution in [0.3, 0.4) is 0 Å². The van der Waals surface area contributed by atoms with E-state index in [4.69, 9.17) is 9.05 Å². The fourth-order valence-electron chi connectivity index (χ4n) is 8.27. The average molecular weight is 926 g/mol. The standard InChI is InChI=1S/C55H109N2O6P/c1-6-8-10-12-14-16-18-20-22-24-26-27-28-29-31-33-35-37-39-41-43-45-47-49-55(59)56-53(52-63-64(60,61)62-51-50-57(3,4)5)54(58)48-46-44-42-40-38-36-34-32-30-25-23-21-19-17-15-13-11-9-7-2/h24,26,46,48,53-54,58H,6-23,25,27-45,47,49-52H2,1-5H3,(H-,56,59,60,61)/p+1/b26-24-,48-46+. The zero-order valence-corrected chi connectivity index (χ0v) is 44.2. The molecule has 0 spiro atoms. The Kier molecular flexibility index (Phi) is 46.3. The molecular weight excluding hydrogens is 816 g/mol. The van der Waals surface area contributed by atoms with Gasteiger partial charge in [-0.1, -0.05) is 244 Å². The molecule has 0 bridgehead atoms. The van der Waals surface area contributed by atoms with Crippen molar-refractivity contribution in [3.63, 3.8) is 0 Å². The van der Waals surface area contributed by atoms with Gasteiger partial charge in [0, 0.05) is 6.42 Å². The molecule has 9 heteroatoms. The second-order valence-corrected chi connectivity index (χ2v) is 21.8. The highest BCUT2D eigenvalue weighted by molar-refractivity contribution is 7.47. The molecule has 0 aliphatic heterocycles. The normalized spacial score (nSPS) is 14.2. The molecule has 3 N–H and O–H groups in total. The minimum absolute atomic E-state index is 0.0632. The number of likely N-dealkylation sites (N-methyl/N-ethyl adjacent to an activating group) is 1. The van der Waals surface area contributed by atoms with Crippen molar-refractivity contribution < 1.29 is 32.9 Å². The lowest BCUT2D eigenvalue weighted by molar-refractivity contribution is -0.870. The SMILES string of the molecule is CCCCCCCCCC/C=C\CCCCCCCCCCCCCC(=O)NC(COP(=O)(O)OCC[N+](C)(C)C)C(O)/C=C/CCCCCCCCCCCCCCCCCCC. The van der Waals surface area contributed by atoms with E-state index in [-0.39, 0.29) is 19.1 Å². The van der Waals surface area contributed by atoms with Crippen LogP contribution in [0.25, 0.3) is 0 Å². The Morgan fingerprint density at radius 1 is 0.516 bits per heavy atom. The summed E-state index contributed by atoms with van der Waals surface area (Å²) in [5.41, 5.74) is 0. The molecule has 0 rings (SSSR count). The lowest BCUT2D eigenvalue weighted by Crippen LogP contribution is -2.45. The van der Waals surface area contributed by atoms with Crippen molar-refractivity contribution in [2.45, 2.75) is 283 Å². The molecule has 64 heavy (non-hydrogen) atoms. The van der Waals surface area contributed by atoms with Crippen LogP contribution in [0.1, 0.15) is 271 Å². The highest BCUT2D eigenvalue weighted by atomic mass is 31.2. The van der Waals surface area contributed by atoms with Crippen LogP contribution in [0.2, 0.25) is 0 Å². The average Bonchev–Trinajstić information content (AvgIpc) is 3.25. The maximum atomic E-state index is 13.0. The molecule has 0 aromatic carbocycles. The minimum atomic E-state index is -4.34. The molecule has 0 radical (unpaired) electrons. The molecule has 0 aromatic heterocycles. The summed E-state index contributed by atoms with van der Waals surface area (Å²) < 4.78 is 23.7. The molecule has 0 saturated heterocycles. The van der Waals surface area contributed by atoms with Crippen LogP contribution >= 0.6 is 7.82 Å². The summed E-state index contributed by atoms with van der Waals surface area (Å²) in [4.78, 5) is 23.3. The van der Waals surface area contributed by atoms with Crippen molar-refractivity contribution in [2.75, 3.05) is 40.9 Å². The molecule has 380 valence electrons. The van der Waals surface area contributed by atoms with Gasteiger partial charge >= 0.3 is 7.82 Å². The quantitative estimate of drug-likeness (QED) is 0.0243. The second-order valence-electron chi connectivity index (χ2n) is 20.3. The van der Waals surface area contributed by atoms with Gasteiger partial charge in [-0.25, -0.2) is 4.57 Å². The molecule has 1 amide bonds. The Bertz CT molecular complexity index is 1090. The highest BCUT2D eigenvalue weighted by Crippen LogP contribution is 2.43. The Morgan fingerprint density at radius 3 is 1.20 bits per heavy atom.